The maximum absolute atomic E-state index is 14.0. The van der Waals surface area contributed by atoms with Crippen molar-refractivity contribution >= 4 is 43.1 Å². The van der Waals surface area contributed by atoms with E-state index in [1.165, 1.54) is 12.1 Å². The van der Waals surface area contributed by atoms with Crippen LogP contribution in [0.25, 0.3) is 87.6 Å². The van der Waals surface area contributed by atoms with Gasteiger partial charge >= 0.3 is 6.18 Å². The Kier molecular flexibility index (Phi) is 7.22. The van der Waals surface area contributed by atoms with E-state index in [9.17, 15) is 17.6 Å². The lowest BCUT2D eigenvalue weighted by molar-refractivity contribution is -0.137. The van der Waals surface area contributed by atoms with Crippen LogP contribution >= 0.6 is 0 Å². The van der Waals surface area contributed by atoms with Crippen molar-refractivity contribution in [3.05, 3.63) is 181 Å². The first-order chi connectivity index (χ1) is 24.8. The van der Waals surface area contributed by atoms with Crippen LogP contribution in [-0.2, 0) is 6.18 Å². The van der Waals surface area contributed by atoms with Gasteiger partial charge in [-0.3, -0.25) is 0 Å². The lowest BCUT2D eigenvalue weighted by atomic mass is 9.82. The van der Waals surface area contributed by atoms with E-state index in [4.69, 9.17) is 0 Å². The standard InChI is InChI=1S/C47H28F4/c48-36-23-17-30(18-24-36)34-20-26-42-44(28-34)46(40-14-6-10-32-8-2-4-12-38(32)40)41-25-19-33(29-15-21-35(22-16-29)47(49,50)51)27-43(41)45(42)39-13-5-9-31-7-1-3-11-37(31)39/h1-28H. The summed E-state index contributed by atoms with van der Waals surface area (Å²) in [6.07, 6.45) is -4.41. The zero-order valence-electron chi connectivity index (χ0n) is 27.2. The third-order valence-electron chi connectivity index (χ3n) is 9.96. The Hall–Kier alpha value is -6.26. The van der Waals surface area contributed by atoms with Crippen LogP contribution in [0.4, 0.5) is 17.6 Å². The summed E-state index contributed by atoms with van der Waals surface area (Å²) in [6, 6.07) is 53.9. The fraction of sp³-hybridized carbons (Fsp3) is 0.0213. The highest BCUT2D eigenvalue weighted by Crippen LogP contribution is 2.48. The van der Waals surface area contributed by atoms with Crippen LogP contribution in [0, 0.1) is 5.82 Å². The number of fused-ring (bicyclic) bond motifs is 4. The van der Waals surface area contributed by atoms with Crippen molar-refractivity contribution in [1.29, 1.82) is 0 Å². The molecule has 0 heterocycles. The maximum atomic E-state index is 14.0. The molecule has 9 aromatic carbocycles. The monoisotopic (exact) mass is 668 g/mol. The summed E-state index contributed by atoms with van der Waals surface area (Å²) >= 11 is 0. The molecule has 0 aromatic heterocycles. The fourth-order valence-electron chi connectivity index (χ4n) is 7.55. The van der Waals surface area contributed by atoms with Gasteiger partial charge in [-0.2, -0.15) is 13.2 Å². The number of alkyl halides is 3. The van der Waals surface area contributed by atoms with Crippen molar-refractivity contribution in [2.45, 2.75) is 6.18 Å². The molecule has 0 aliphatic heterocycles. The Labute approximate surface area is 291 Å². The zero-order valence-corrected chi connectivity index (χ0v) is 27.2. The third-order valence-corrected chi connectivity index (χ3v) is 9.96. The van der Waals surface area contributed by atoms with Gasteiger partial charge in [0.1, 0.15) is 5.82 Å². The number of rotatable bonds is 4. The van der Waals surface area contributed by atoms with Gasteiger partial charge in [-0.15, -0.1) is 0 Å². The van der Waals surface area contributed by atoms with Crippen LogP contribution in [0.15, 0.2) is 170 Å². The van der Waals surface area contributed by atoms with E-state index in [0.717, 1.165) is 94.2 Å². The number of hydrogen-bond acceptors (Lipinski definition) is 0. The van der Waals surface area contributed by atoms with Crippen LogP contribution < -0.4 is 0 Å². The van der Waals surface area contributed by atoms with Gasteiger partial charge in [-0.1, -0.05) is 133 Å². The molecule has 0 bridgehead atoms. The second-order valence-corrected chi connectivity index (χ2v) is 12.9. The molecule has 0 aliphatic rings. The molecular weight excluding hydrogens is 641 g/mol. The van der Waals surface area contributed by atoms with E-state index < -0.39 is 11.7 Å². The molecule has 4 heteroatoms. The van der Waals surface area contributed by atoms with E-state index in [1.807, 2.05) is 30.3 Å². The van der Waals surface area contributed by atoms with E-state index >= 15 is 0 Å². The molecule has 0 radical (unpaired) electrons. The molecule has 0 N–H and O–H groups in total. The van der Waals surface area contributed by atoms with Crippen LogP contribution in [0.5, 0.6) is 0 Å². The molecule has 0 saturated carbocycles. The van der Waals surface area contributed by atoms with Gasteiger partial charge < -0.3 is 0 Å². The van der Waals surface area contributed by atoms with Crippen molar-refractivity contribution in [2.75, 3.05) is 0 Å². The quantitative estimate of drug-likeness (QED) is 0.129. The molecule has 0 amide bonds. The summed E-state index contributed by atoms with van der Waals surface area (Å²) in [6.45, 7) is 0. The molecule has 9 aromatic rings. The summed E-state index contributed by atoms with van der Waals surface area (Å²) in [5.74, 6) is -0.288. The minimum absolute atomic E-state index is 0.288. The van der Waals surface area contributed by atoms with Crippen molar-refractivity contribution in [3.63, 3.8) is 0 Å². The summed E-state index contributed by atoms with van der Waals surface area (Å²) in [5.41, 5.74) is 6.96. The minimum atomic E-state index is -4.41. The molecule has 0 fully saturated rings. The molecule has 0 spiro atoms. The van der Waals surface area contributed by atoms with Crippen LogP contribution in [0.2, 0.25) is 0 Å². The average molecular weight is 669 g/mol. The molecule has 0 aliphatic carbocycles. The average Bonchev–Trinajstić information content (AvgIpc) is 3.16. The van der Waals surface area contributed by atoms with Crippen molar-refractivity contribution in [3.8, 4) is 44.5 Å². The smallest absolute Gasteiger partial charge is 0.207 e. The van der Waals surface area contributed by atoms with Gasteiger partial charge in [-0.25, -0.2) is 4.39 Å². The van der Waals surface area contributed by atoms with Gasteiger partial charge in [0.25, 0.3) is 0 Å². The molecule has 51 heavy (non-hydrogen) atoms. The highest BCUT2D eigenvalue weighted by atomic mass is 19.4. The number of benzene rings is 9. The van der Waals surface area contributed by atoms with E-state index in [2.05, 4.69) is 91.0 Å². The van der Waals surface area contributed by atoms with Gasteiger partial charge in [-0.05, 0) is 124 Å². The van der Waals surface area contributed by atoms with Gasteiger partial charge in [0.15, 0.2) is 0 Å². The van der Waals surface area contributed by atoms with Gasteiger partial charge in [0.2, 0.25) is 0 Å². The fourth-order valence-corrected chi connectivity index (χ4v) is 7.55. The maximum Gasteiger partial charge on any atom is 0.416 e. The first-order valence-corrected chi connectivity index (χ1v) is 16.8. The molecule has 0 unspecified atom stereocenters. The van der Waals surface area contributed by atoms with E-state index in [1.54, 1.807) is 24.3 Å². The second kappa shape index (κ2) is 12.0. The Balaban J connectivity index is 1.44. The lowest BCUT2D eigenvalue weighted by Gasteiger charge is -2.21. The summed E-state index contributed by atoms with van der Waals surface area (Å²) in [7, 11) is 0. The SMILES string of the molecule is Fc1ccc(-c2ccc3c(-c4cccc5ccccc45)c4cc(-c5ccc(C(F)(F)F)cc5)ccc4c(-c4cccc5ccccc45)c3c2)cc1. The van der Waals surface area contributed by atoms with Crippen molar-refractivity contribution in [2.24, 2.45) is 0 Å². The Bertz CT molecular complexity index is 2760. The summed E-state index contributed by atoms with van der Waals surface area (Å²) < 4.78 is 54.5. The van der Waals surface area contributed by atoms with Crippen molar-refractivity contribution < 1.29 is 17.6 Å². The largest absolute Gasteiger partial charge is 0.416 e. The zero-order chi connectivity index (χ0) is 34.7. The van der Waals surface area contributed by atoms with E-state index in [0.29, 0.717) is 5.56 Å². The summed E-state index contributed by atoms with van der Waals surface area (Å²) in [5, 5.41) is 8.54. The Morgan fingerprint density at radius 3 is 1.22 bits per heavy atom. The first kappa shape index (κ1) is 30.8. The molecule has 0 nitrogen and oxygen atoms in total. The molecule has 9 rings (SSSR count). The first-order valence-electron chi connectivity index (χ1n) is 16.8. The Morgan fingerprint density at radius 2 is 0.745 bits per heavy atom. The topological polar surface area (TPSA) is 0 Å². The Morgan fingerprint density at radius 1 is 0.333 bits per heavy atom. The number of hydrogen-bond donors (Lipinski definition) is 0. The predicted octanol–water partition coefficient (Wildman–Crippen LogP) is 14.1. The highest BCUT2D eigenvalue weighted by molar-refractivity contribution is 6.26. The second-order valence-electron chi connectivity index (χ2n) is 12.9. The van der Waals surface area contributed by atoms with E-state index in [-0.39, 0.29) is 5.82 Å². The third kappa shape index (κ3) is 5.32. The molecule has 244 valence electrons. The number of halogens is 4. The predicted molar refractivity (Wildman–Crippen MR) is 203 cm³/mol. The van der Waals surface area contributed by atoms with Crippen LogP contribution in [0.1, 0.15) is 5.56 Å². The normalized spacial score (nSPS) is 11.9. The molecular formula is C47H28F4. The van der Waals surface area contributed by atoms with Gasteiger partial charge in [0.05, 0.1) is 5.56 Å². The molecule has 0 atom stereocenters. The minimum Gasteiger partial charge on any atom is -0.207 e. The highest BCUT2D eigenvalue weighted by Gasteiger charge is 2.30. The summed E-state index contributed by atoms with van der Waals surface area (Å²) in [4.78, 5) is 0. The van der Waals surface area contributed by atoms with Crippen LogP contribution in [0.3, 0.4) is 0 Å². The molecule has 0 saturated heterocycles. The van der Waals surface area contributed by atoms with Crippen LogP contribution in [-0.4, -0.2) is 0 Å². The van der Waals surface area contributed by atoms with Crippen molar-refractivity contribution in [1.82, 2.24) is 0 Å². The lowest BCUT2D eigenvalue weighted by Crippen LogP contribution is -2.03. The van der Waals surface area contributed by atoms with Gasteiger partial charge in [0, 0.05) is 0 Å².